The minimum absolute atomic E-state index is 0.0247. The summed E-state index contributed by atoms with van der Waals surface area (Å²) in [5.41, 5.74) is 6.96. The monoisotopic (exact) mass is 250 g/mol. The zero-order chi connectivity index (χ0) is 13.1. The van der Waals surface area contributed by atoms with E-state index >= 15 is 0 Å². The van der Waals surface area contributed by atoms with E-state index in [-0.39, 0.29) is 13.0 Å². The van der Waals surface area contributed by atoms with Crippen molar-refractivity contribution in [2.24, 2.45) is 0 Å². The van der Waals surface area contributed by atoms with E-state index in [9.17, 15) is 13.2 Å². The maximum atomic E-state index is 11.9. The highest BCUT2D eigenvalue weighted by atomic mass is 19.4. The van der Waals surface area contributed by atoms with Crippen LogP contribution in [-0.4, -0.2) is 22.5 Å². The van der Waals surface area contributed by atoms with Gasteiger partial charge in [-0.3, -0.25) is 0 Å². The molecule has 0 aliphatic heterocycles. The van der Waals surface area contributed by atoms with Crippen molar-refractivity contribution in [2.45, 2.75) is 39.4 Å². The van der Waals surface area contributed by atoms with E-state index < -0.39 is 12.6 Å². The van der Waals surface area contributed by atoms with E-state index in [0.29, 0.717) is 23.7 Å². The number of alkyl halides is 3. The molecule has 1 heterocycles. The van der Waals surface area contributed by atoms with E-state index in [0.717, 1.165) is 0 Å². The Labute approximate surface area is 98.0 Å². The van der Waals surface area contributed by atoms with Crippen molar-refractivity contribution in [3.05, 3.63) is 5.69 Å². The summed E-state index contributed by atoms with van der Waals surface area (Å²) in [4.78, 5) is 0. The number of rotatable bonds is 5. The first kappa shape index (κ1) is 13.7. The van der Waals surface area contributed by atoms with Crippen LogP contribution in [0.2, 0.25) is 0 Å². The number of hydrogen-bond donors (Lipinski definition) is 2. The Morgan fingerprint density at radius 2 is 2.06 bits per heavy atom. The zero-order valence-corrected chi connectivity index (χ0v) is 9.93. The average Bonchev–Trinajstić information content (AvgIpc) is 2.49. The van der Waals surface area contributed by atoms with Gasteiger partial charge in [0.15, 0.2) is 0 Å². The molecule has 0 aromatic carbocycles. The number of nitrogen functional groups attached to an aromatic ring is 1. The van der Waals surface area contributed by atoms with Crippen LogP contribution < -0.4 is 11.1 Å². The second-order valence-electron chi connectivity index (χ2n) is 3.81. The van der Waals surface area contributed by atoms with Crippen molar-refractivity contribution in [3.63, 3.8) is 0 Å². The Morgan fingerprint density at radius 1 is 1.41 bits per heavy atom. The summed E-state index contributed by atoms with van der Waals surface area (Å²) in [6.07, 6.45) is -4.87. The molecular weight excluding hydrogens is 233 g/mol. The molecule has 1 aromatic rings. The SMILES string of the molecule is CCn1nc(C)c(N)c1NCCCC(F)(F)F. The Hall–Kier alpha value is -1.40. The molecule has 1 aromatic heterocycles. The number of nitrogens with two attached hydrogens (primary N) is 1. The minimum Gasteiger partial charge on any atom is -0.394 e. The molecule has 0 saturated heterocycles. The third kappa shape index (κ3) is 3.83. The quantitative estimate of drug-likeness (QED) is 0.789. The van der Waals surface area contributed by atoms with Gasteiger partial charge in [0.1, 0.15) is 5.82 Å². The summed E-state index contributed by atoms with van der Waals surface area (Å²) >= 11 is 0. The molecule has 0 amide bonds. The zero-order valence-electron chi connectivity index (χ0n) is 9.93. The number of aryl methyl sites for hydroxylation is 2. The smallest absolute Gasteiger partial charge is 0.389 e. The fourth-order valence-electron chi connectivity index (χ4n) is 1.51. The third-order valence-corrected chi connectivity index (χ3v) is 2.40. The lowest BCUT2D eigenvalue weighted by Crippen LogP contribution is -2.13. The summed E-state index contributed by atoms with van der Waals surface area (Å²) in [5.74, 6) is 0.604. The maximum Gasteiger partial charge on any atom is 0.389 e. The molecule has 7 heteroatoms. The van der Waals surface area contributed by atoms with E-state index in [2.05, 4.69) is 10.4 Å². The van der Waals surface area contributed by atoms with Crippen LogP contribution in [0.3, 0.4) is 0 Å². The lowest BCUT2D eigenvalue weighted by Gasteiger charge is -2.10. The van der Waals surface area contributed by atoms with Crippen LogP contribution in [0.5, 0.6) is 0 Å². The van der Waals surface area contributed by atoms with Crippen LogP contribution >= 0.6 is 0 Å². The van der Waals surface area contributed by atoms with Gasteiger partial charge in [-0.05, 0) is 20.3 Å². The molecule has 0 atom stereocenters. The summed E-state index contributed by atoms with van der Waals surface area (Å²) < 4.78 is 37.5. The first-order valence-corrected chi connectivity index (χ1v) is 5.48. The summed E-state index contributed by atoms with van der Waals surface area (Å²) in [6.45, 7) is 4.52. The average molecular weight is 250 g/mol. The number of halogens is 3. The molecule has 0 aliphatic rings. The van der Waals surface area contributed by atoms with Gasteiger partial charge in [0, 0.05) is 19.5 Å². The van der Waals surface area contributed by atoms with Crippen LogP contribution in [0, 0.1) is 6.92 Å². The highest BCUT2D eigenvalue weighted by Crippen LogP contribution is 2.24. The van der Waals surface area contributed by atoms with Crippen LogP contribution in [-0.2, 0) is 6.54 Å². The second kappa shape index (κ2) is 5.29. The fourth-order valence-corrected chi connectivity index (χ4v) is 1.51. The number of aromatic nitrogens is 2. The second-order valence-corrected chi connectivity index (χ2v) is 3.81. The standard InChI is InChI=1S/C10H17F3N4/c1-3-17-9(8(14)7(2)16-17)15-6-4-5-10(11,12)13/h15H,3-6,14H2,1-2H3. The van der Waals surface area contributed by atoms with Crippen molar-refractivity contribution < 1.29 is 13.2 Å². The molecule has 98 valence electrons. The Bertz CT molecular complexity index is 370. The Balaban J connectivity index is 2.52. The van der Waals surface area contributed by atoms with Gasteiger partial charge >= 0.3 is 6.18 Å². The van der Waals surface area contributed by atoms with Gasteiger partial charge in [-0.15, -0.1) is 0 Å². The molecule has 3 N–H and O–H groups in total. The first-order valence-electron chi connectivity index (χ1n) is 5.48. The molecule has 4 nitrogen and oxygen atoms in total. The van der Waals surface area contributed by atoms with Gasteiger partial charge in [0.05, 0.1) is 11.4 Å². The summed E-state index contributed by atoms with van der Waals surface area (Å²) in [7, 11) is 0. The molecule has 1 rings (SSSR count). The van der Waals surface area contributed by atoms with Gasteiger partial charge in [-0.1, -0.05) is 0 Å². The topological polar surface area (TPSA) is 55.9 Å². The number of anilines is 2. The molecule has 0 saturated carbocycles. The molecule has 0 spiro atoms. The molecule has 0 radical (unpaired) electrons. The van der Waals surface area contributed by atoms with Crippen LogP contribution in [0.15, 0.2) is 0 Å². The maximum absolute atomic E-state index is 11.9. The van der Waals surface area contributed by atoms with E-state index in [1.165, 1.54) is 0 Å². The highest BCUT2D eigenvalue weighted by molar-refractivity contribution is 5.64. The largest absolute Gasteiger partial charge is 0.394 e. The third-order valence-electron chi connectivity index (χ3n) is 2.40. The van der Waals surface area contributed by atoms with E-state index in [1.807, 2.05) is 6.92 Å². The van der Waals surface area contributed by atoms with Gasteiger partial charge in [0.2, 0.25) is 0 Å². The minimum atomic E-state index is -4.10. The predicted octanol–water partition coefficient (Wildman–Crippen LogP) is 2.55. The normalized spacial score (nSPS) is 11.8. The molecule has 0 fully saturated rings. The molecular formula is C10H17F3N4. The van der Waals surface area contributed by atoms with Crippen molar-refractivity contribution in [1.82, 2.24) is 9.78 Å². The molecule has 0 unspecified atom stereocenters. The Morgan fingerprint density at radius 3 is 2.59 bits per heavy atom. The first-order chi connectivity index (χ1) is 7.85. The number of nitrogens with zero attached hydrogens (tertiary/aromatic N) is 2. The number of nitrogens with one attached hydrogen (secondary N) is 1. The molecule has 0 bridgehead atoms. The number of hydrogen-bond acceptors (Lipinski definition) is 3. The van der Waals surface area contributed by atoms with Crippen molar-refractivity contribution in [3.8, 4) is 0 Å². The van der Waals surface area contributed by atoms with Crippen LogP contribution in [0.1, 0.15) is 25.5 Å². The van der Waals surface area contributed by atoms with Crippen LogP contribution in [0.25, 0.3) is 0 Å². The van der Waals surface area contributed by atoms with Crippen LogP contribution in [0.4, 0.5) is 24.7 Å². The van der Waals surface area contributed by atoms with Crippen molar-refractivity contribution in [2.75, 3.05) is 17.6 Å². The van der Waals surface area contributed by atoms with Gasteiger partial charge in [-0.25, -0.2) is 4.68 Å². The van der Waals surface area contributed by atoms with Gasteiger partial charge < -0.3 is 11.1 Å². The van der Waals surface area contributed by atoms with E-state index in [1.54, 1.807) is 11.6 Å². The van der Waals surface area contributed by atoms with Gasteiger partial charge in [-0.2, -0.15) is 18.3 Å². The molecule has 17 heavy (non-hydrogen) atoms. The lowest BCUT2D eigenvalue weighted by atomic mass is 10.3. The van der Waals surface area contributed by atoms with Gasteiger partial charge in [0.25, 0.3) is 0 Å². The van der Waals surface area contributed by atoms with Crippen molar-refractivity contribution >= 4 is 11.5 Å². The highest BCUT2D eigenvalue weighted by Gasteiger charge is 2.26. The Kier molecular flexibility index (Phi) is 4.25. The van der Waals surface area contributed by atoms with E-state index in [4.69, 9.17) is 5.73 Å². The lowest BCUT2D eigenvalue weighted by molar-refractivity contribution is -0.134. The summed E-state index contributed by atoms with van der Waals surface area (Å²) in [5, 5.41) is 7.06. The summed E-state index contributed by atoms with van der Waals surface area (Å²) in [6, 6.07) is 0. The molecule has 0 aliphatic carbocycles. The van der Waals surface area contributed by atoms with Crippen molar-refractivity contribution in [1.29, 1.82) is 0 Å². The predicted molar refractivity (Wildman–Crippen MR) is 60.8 cm³/mol. The fraction of sp³-hybridized carbons (Fsp3) is 0.700.